The standard InChI is InChI=1S/C17H20FN/c1-13-5-3-6-15(11-13)9-10-19-14(2)16-7-4-8-17(18)12-16/h3-8,11-12,14,19H,9-10H2,1-2H3. The van der Waals surface area contributed by atoms with E-state index < -0.39 is 0 Å². The first kappa shape index (κ1) is 13.8. The Kier molecular flexibility index (Phi) is 4.69. The van der Waals surface area contributed by atoms with Crippen LogP contribution in [-0.2, 0) is 6.42 Å². The third-order valence-corrected chi connectivity index (χ3v) is 3.30. The Morgan fingerprint density at radius 3 is 2.63 bits per heavy atom. The number of aryl methyl sites for hydroxylation is 1. The predicted octanol–water partition coefficient (Wildman–Crippen LogP) is 4.03. The monoisotopic (exact) mass is 257 g/mol. The molecule has 100 valence electrons. The van der Waals surface area contributed by atoms with Crippen molar-refractivity contribution in [3.05, 3.63) is 71.0 Å². The fraction of sp³-hybridized carbons (Fsp3) is 0.294. The first-order chi connectivity index (χ1) is 9.15. The van der Waals surface area contributed by atoms with Crippen LogP contribution in [0, 0.1) is 12.7 Å². The normalized spacial score (nSPS) is 12.4. The molecule has 1 nitrogen and oxygen atoms in total. The molecule has 2 rings (SSSR count). The van der Waals surface area contributed by atoms with Crippen molar-refractivity contribution in [1.82, 2.24) is 5.32 Å². The summed E-state index contributed by atoms with van der Waals surface area (Å²) in [6, 6.07) is 15.5. The molecular weight excluding hydrogens is 237 g/mol. The molecule has 0 saturated heterocycles. The lowest BCUT2D eigenvalue weighted by Crippen LogP contribution is -2.21. The van der Waals surface area contributed by atoms with E-state index in [9.17, 15) is 4.39 Å². The first-order valence-corrected chi connectivity index (χ1v) is 6.69. The molecule has 0 aliphatic rings. The maximum atomic E-state index is 13.1. The third kappa shape index (κ3) is 4.18. The van der Waals surface area contributed by atoms with Gasteiger partial charge in [0.1, 0.15) is 5.82 Å². The third-order valence-electron chi connectivity index (χ3n) is 3.30. The van der Waals surface area contributed by atoms with E-state index in [2.05, 4.69) is 43.4 Å². The molecule has 0 fully saturated rings. The minimum atomic E-state index is -0.176. The number of halogens is 1. The van der Waals surface area contributed by atoms with Gasteiger partial charge in [0, 0.05) is 6.04 Å². The summed E-state index contributed by atoms with van der Waals surface area (Å²) in [5.74, 6) is -0.176. The van der Waals surface area contributed by atoms with E-state index in [1.807, 2.05) is 6.07 Å². The molecule has 0 heterocycles. The summed E-state index contributed by atoms with van der Waals surface area (Å²) >= 11 is 0. The van der Waals surface area contributed by atoms with E-state index in [0.29, 0.717) is 0 Å². The fourth-order valence-electron chi connectivity index (χ4n) is 2.19. The minimum Gasteiger partial charge on any atom is -0.310 e. The van der Waals surface area contributed by atoms with Crippen LogP contribution in [0.25, 0.3) is 0 Å². The second-order valence-electron chi connectivity index (χ2n) is 4.97. The van der Waals surface area contributed by atoms with Crippen molar-refractivity contribution in [2.24, 2.45) is 0 Å². The lowest BCUT2D eigenvalue weighted by molar-refractivity contribution is 0.567. The summed E-state index contributed by atoms with van der Waals surface area (Å²) in [6.45, 7) is 5.05. The molecular formula is C17H20FN. The van der Waals surface area contributed by atoms with Crippen molar-refractivity contribution in [1.29, 1.82) is 0 Å². The van der Waals surface area contributed by atoms with Crippen LogP contribution >= 0.6 is 0 Å². The van der Waals surface area contributed by atoms with Crippen LogP contribution < -0.4 is 5.32 Å². The zero-order valence-corrected chi connectivity index (χ0v) is 11.5. The largest absolute Gasteiger partial charge is 0.310 e. The summed E-state index contributed by atoms with van der Waals surface area (Å²) in [6.07, 6.45) is 0.987. The Hall–Kier alpha value is -1.67. The van der Waals surface area contributed by atoms with Crippen LogP contribution in [0.3, 0.4) is 0 Å². The Morgan fingerprint density at radius 1 is 1.11 bits per heavy atom. The molecule has 1 unspecified atom stereocenters. The molecule has 0 amide bonds. The van der Waals surface area contributed by atoms with Gasteiger partial charge in [-0.15, -0.1) is 0 Å². The maximum Gasteiger partial charge on any atom is 0.123 e. The number of hydrogen-bond donors (Lipinski definition) is 1. The summed E-state index contributed by atoms with van der Waals surface area (Å²) in [5, 5.41) is 3.43. The molecule has 0 aliphatic heterocycles. The lowest BCUT2D eigenvalue weighted by atomic mass is 10.1. The molecule has 1 atom stereocenters. The minimum absolute atomic E-state index is 0.167. The highest BCUT2D eigenvalue weighted by molar-refractivity contribution is 5.23. The van der Waals surface area contributed by atoms with Crippen LogP contribution in [0.4, 0.5) is 4.39 Å². The van der Waals surface area contributed by atoms with Gasteiger partial charge in [0.05, 0.1) is 0 Å². The fourth-order valence-corrected chi connectivity index (χ4v) is 2.19. The van der Waals surface area contributed by atoms with Gasteiger partial charge in [-0.1, -0.05) is 42.0 Å². The molecule has 0 bridgehead atoms. The average Bonchev–Trinajstić information content (AvgIpc) is 2.38. The molecule has 1 N–H and O–H groups in total. The number of hydrogen-bond acceptors (Lipinski definition) is 1. The molecule has 19 heavy (non-hydrogen) atoms. The van der Waals surface area contributed by atoms with Crippen molar-refractivity contribution in [3.63, 3.8) is 0 Å². The molecule has 2 heteroatoms. The van der Waals surface area contributed by atoms with Gasteiger partial charge in [0.25, 0.3) is 0 Å². The van der Waals surface area contributed by atoms with Crippen molar-refractivity contribution < 1.29 is 4.39 Å². The van der Waals surface area contributed by atoms with E-state index in [4.69, 9.17) is 0 Å². The topological polar surface area (TPSA) is 12.0 Å². The summed E-state index contributed by atoms with van der Waals surface area (Å²) < 4.78 is 13.1. The van der Waals surface area contributed by atoms with E-state index in [1.165, 1.54) is 17.2 Å². The van der Waals surface area contributed by atoms with Crippen molar-refractivity contribution in [2.45, 2.75) is 26.3 Å². The molecule has 0 spiro atoms. The Balaban J connectivity index is 1.85. The summed E-state index contributed by atoms with van der Waals surface area (Å²) in [7, 11) is 0. The highest BCUT2D eigenvalue weighted by Gasteiger charge is 2.05. The van der Waals surface area contributed by atoms with Gasteiger partial charge >= 0.3 is 0 Å². The average molecular weight is 257 g/mol. The molecule has 2 aromatic carbocycles. The maximum absolute atomic E-state index is 13.1. The van der Waals surface area contributed by atoms with Crippen molar-refractivity contribution >= 4 is 0 Å². The van der Waals surface area contributed by atoms with E-state index in [1.54, 1.807) is 12.1 Å². The quantitative estimate of drug-likeness (QED) is 0.852. The van der Waals surface area contributed by atoms with Crippen LogP contribution in [0.2, 0.25) is 0 Å². The van der Waals surface area contributed by atoms with Gasteiger partial charge < -0.3 is 5.32 Å². The molecule has 0 radical (unpaired) electrons. The highest BCUT2D eigenvalue weighted by Crippen LogP contribution is 2.13. The van der Waals surface area contributed by atoms with E-state index >= 15 is 0 Å². The Morgan fingerprint density at radius 2 is 1.89 bits per heavy atom. The van der Waals surface area contributed by atoms with Gasteiger partial charge in [-0.05, 0) is 50.1 Å². The smallest absolute Gasteiger partial charge is 0.123 e. The van der Waals surface area contributed by atoms with Gasteiger partial charge in [-0.3, -0.25) is 0 Å². The number of rotatable bonds is 5. The Bertz CT molecular complexity index is 536. The number of benzene rings is 2. The second-order valence-corrected chi connectivity index (χ2v) is 4.97. The lowest BCUT2D eigenvalue weighted by Gasteiger charge is -2.14. The first-order valence-electron chi connectivity index (χ1n) is 6.69. The molecule has 0 aliphatic carbocycles. The van der Waals surface area contributed by atoms with Crippen molar-refractivity contribution in [3.8, 4) is 0 Å². The van der Waals surface area contributed by atoms with Crippen LogP contribution in [0.5, 0.6) is 0 Å². The summed E-state index contributed by atoms with van der Waals surface area (Å²) in [5.41, 5.74) is 3.61. The van der Waals surface area contributed by atoms with Crippen molar-refractivity contribution in [2.75, 3.05) is 6.54 Å². The number of nitrogens with one attached hydrogen (secondary N) is 1. The predicted molar refractivity (Wildman–Crippen MR) is 77.7 cm³/mol. The molecule has 2 aromatic rings. The van der Waals surface area contributed by atoms with Crippen LogP contribution in [0.1, 0.15) is 29.7 Å². The second kappa shape index (κ2) is 6.48. The molecule has 0 saturated carbocycles. The SMILES string of the molecule is Cc1cccc(CCNC(C)c2cccc(F)c2)c1. The van der Waals surface area contributed by atoms with Crippen LogP contribution in [-0.4, -0.2) is 6.54 Å². The Labute approximate surface area is 114 Å². The summed E-state index contributed by atoms with van der Waals surface area (Å²) in [4.78, 5) is 0. The van der Waals surface area contributed by atoms with Gasteiger partial charge in [-0.2, -0.15) is 0 Å². The van der Waals surface area contributed by atoms with E-state index in [-0.39, 0.29) is 11.9 Å². The zero-order chi connectivity index (χ0) is 13.7. The molecule has 0 aromatic heterocycles. The van der Waals surface area contributed by atoms with Gasteiger partial charge in [-0.25, -0.2) is 4.39 Å². The van der Waals surface area contributed by atoms with Gasteiger partial charge in [0.15, 0.2) is 0 Å². The zero-order valence-electron chi connectivity index (χ0n) is 11.5. The van der Waals surface area contributed by atoms with Gasteiger partial charge in [0.2, 0.25) is 0 Å². The van der Waals surface area contributed by atoms with Crippen LogP contribution in [0.15, 0.2) is 48.5 Å². The highest BCUT2D eigenvalue weighted by atomic mass is 19.1. The van der Waals surface area contributed by atoms with E-state index in [0.717, 1.165) is 18.5 Å².